The van der Waals surface area contributed by atoms with Crippen LogP contribution in [0.2, 0.25) is 0 Å². The molecule has 0 bridgehead atoms. The summed E-state index contributed by atoms with van der Waals surface area (Å²) in [5.74, 6) is 0. The van der Waals surface area contributed by atoms with Crippen LogP contribution in [0.15, 0.2) is 70.3 Å². The minimum Gasteiger partial charge on any atom is -0.293 e. The van der Waals surface area contributed by atoms with Gasteiger partial charge in [0.15, 0.2) is 0 Å². The zero-order valence-corrected chi connectivity index (χ0v) is 15.6. The van der Waals surface area contributed by atoms with E-state index in [1.807, 2.05) is 67.6 Å². The average Bonchev–Trinajstić information content (AvgIpc) is 2.64. The molecule has 0 unspecified atom stereocenters. The van der Waals surface area contributed by atoms with Gasteiger partial charge < -0.3 is 0 Å². The monoisotopic (exact) mass is 398 g/mol. The van der Waals surface area contributed by atoms with Gasteiger partial charge in [-0.05, 0) is 18.1 Å². The molecule has 0 aliphatic carbocycles. The van der Waals surface area contributed by atoms with Gasteiger partial charge in [0.1, 0.15) is 0 Å². The van der Waals surface area contributed by atoms with Crippen LogP contribution in [0.1, 0.15) is 22.4 Å². The van der Waals surface area contributed by atoms with E-state index in [4.69, 9.17) is 0 Å². The molecule has 0 radical (unpaired) electrons. The van der Waals surface area contributed by atoms with Gasteiger partial charge in [-0.1, -0.05) is 76.6 Å². The van der Waals surface area contributed by atoms with Gasteiger partial charge in [-0.25, -0.2) is 4.79 Å². The van der Waals surface area contributed by atoms with Gasteiger partial charge in [-0.3, -0.25) is 13.9 Å². The van der Waals surface area contributed by atoms with Crippen LogP contribution in [0, 0.1) is 6.92 Å². The lowest BCUT2D eigenvalue weighted by Crippen LogP contribution is -2.43. The molecule has 5 heteroatoms. The standard InChI is InChI=1S/C20H19BrN2O2/c1-15-18(12-21)19(24)23(14-17-10-6-3-7-11-17)20(25)22(15)13-16-8-4-2-5-9-16/h2-11H,12-14H2,1H3. The van der Waals surface area contributed by atoms with Gasteiger partial charge in [0.05, 0.1) is 13.1 Å². The fourth-order valence-electron chi connectivity index (χ4n) is 2.87. The molecule has 0 saturated carbocycles. The van der Waals surface area contributed by atoms with Gasteiger partial charge in [-0.2, -0.15) is 0 Å². The molecule has 1 heterocycles. The molecule has 0 N–H and O–H groups in total. The fraction of sp³-hybridized carbons (Fsp3) is 0.200. The SMILES string of the molecule is Cc1c(CBr)c(=O)n(Cc2ccccc2)c(=O)n1Cc1ccccc1. The summed E-state index contributed by atoms with van der Waals surface area (Å²) in [4.78, 5) is 25.8. The van der Waals surface area contributed by atoms with E-state index in [1.54, 1.807) is 4.57 Å². The number of rotatable bonds is 5. The molecule has 0 fully saturated rings. The summed E-state index contributed by atoms with van der Waals surface area (Å²) in [7, 11) is 0. The first-order valence-electron chi connectivity index (χ1n) is 8.08. The molecule has 25 heavy (non-hydrogen) atoms. The Hall–Kier alpha value is -2.40. The lowest BCUT2D eigenvalue weighted by Gasteiger charge is -2.16. The van der Waals surface area contributed by atoms with Crippen LogP contribution in [0.5, 0.6) is 0 Å². The Morgan fingerprint density at radius 2 is 1.28 bits per heavy atom. The highest BCUT2D eigenvalue weighted by Crippen LogP contribution is 2.09. The van der Waals surface area contributed by atoms with Gasteiger partial charge in [-0.15, -0.1) is 0 Å². The van der Waals surface area contributed by atoms with E-state index in [-0.39, 0.29) is 17.8 Å². The zero-order chi connectivity index (χ0) is 17.8. The average molecular weight is 399 g/mol. The van der Waals surface area contributed by atoms with Crippen LogP contribution in [0.3, 0.4) is 0 Å². The summed E-state index contributed by atoms with van der Waals surface area (Å²) in [6, 6.07) is 19.4. The molecule has 3 aromatic rings. The maximum absolute atomic E-state index is 13.0. The molecule has 0 atom stereocenters. The molecule has 3 rings (SSSR count). The van der Waals surface area contributed by atoms with Crippen LogP contribution in [-0.2, 0) is 18.4 Å². The Labute approximate surface area is 154 Å². The van der Waals surface area contributed by atoms with Crippen LogP contribution in [0.4, 0.5) is 0 Å². The number of hydrogen-bond donors (Lipinski definition) is 0. The number of benzene rings is 2. The largest absolute Gasteiger partial charge is 0.331 e. The van der Waals surface area contributed by atoms with Crippen molar-refractivity contribution in [3.05, 3.63) is 104 Å². The molecule has 0 aliphatic rings. The molecule has 128 valence electrons. The topological polar surface area (TPSA) is 44.0 Å². The second-order valence-corrected chi connectivity index (χ2v) is 6.49. The van der Waals surface area contributed by atoms with Gasteiger partial charge in [0.25, 0.3) is 5.56 Å². The Kier molecular flexibility index (Phi) is 5.34. The predicted molar refractivity (Wildman–Crippen MR) is 103 cm³/mol. The summed E-state index contributed by atoms with van der Waals surface area (Å²) in [6.45, 7) is 2.54. The minimum absolute atomic E-state index is 0.229. The van der Waals surface area contributed by atoms with E-state index in [9.17, 15) is 9.59 Å². The van der Waals surface area contributed by atoms with Gasteiger partial charge in [0.2, 0.25) is 0 Å². The predicted octanol–water partition coefficient (Wildman–Crippen LogP) is 3.31. The van der Waals surface area contributed by atoms with Crippen molar-refractivity contribution in [1.29, 1.82) is 0 Å². The van der Waals surface area contributed by atoms with E-state index in [0.717, 1.165) is 11.1 Å². The molecule has 2 aromatic carbocycles. The molecular formula is C20H19BrN2O2. The van der Waals surface area contributed by atoms with Crippen molar-refractivity contribution in [2.45, 2.75) is 25.3 Å². The minimum atomic E-state index is -0.278. The maximum atomic E-state index is 13.0. The normalized spacial score (nSPS) is 10.8. The van der Waals surface area contributed by atoms with Crippen LogP contribution >= 0.6 is 15.9 Å². The van der Waals surface area contributed by atoms with Crippen molar-refractivity contribution in [2.24, 2.45) is 0 Å². The molecular weight excluding hydrogens is 380 g/mol. The van der Waals surface area contributed by atoms with E-state index in [2.05, 4.69) is 15.9 Å². The third-order valence-corrected chi connectivity index (χ3v) is 4.87. The summed E-state index contributed by atoms with van der Waals surface area (Å²) < 4.78 is 3.00. The van der Waals surface area contributed by atoms with Crippen molar-refractivity contribution in [2.75, 3.05) is 0 Å². The first-order chi connectivity index (χ1) is 12.1. The number of nitrogens with zero attached hydrogens (tertiary/aromatic N) is 2. The maximum Gasteiger partial charge on any atom is 0.331 e. The summed E-state index contributed by atoms with van der Waals surface area (Å²) in [5, 5.41) is 0.418. The number of aromatic nitrogens is 2. The van der Waals surface area contributed by atoms with Gasteiger partial charge in [0, 0.05) is 16.6 Å². The van der Waals surface area contributed by atoms with E-state index in [0.29, 0.717) is 23.1 Å². The first kappa shape index (κ1) is 17.4. The lowest BCUT2D eigenvalue weighted by molar-refractivity contribution is 0.590. The Morgan fingerprint density at radius 3 is 1.76 bits per heavy atom. The van der Waals surface area contributed by atoms with Crippen molar-refractivity contribution in [3.63, 3.8) is 0 Å². The molecule has 0 aliphatic heterocycles. The van der Waals surface area contributed by atoms with Crippen molar-refractivity contribution in [3.8, 4) is 0 Å². The van der Waals surface area contributed by atoms with E-state index in [1.165, 1.54) is 4.57 Å². The zero-order valence-electron chi connectivity index (χ0n) is 14.0. The summed E-state index contributed by atoms with van der Waals surface area (Å²) in [5.41, 5.74) is 2.77. The Balaban J connectivity index is 2.13. The number of alkyl halides is 1. The van der Waals surface area contributed by atoms with E-state index >= 15 is 0 Å². The highest BCUT2D eigenvalue weighted by Gasteiger charge is 2.16. The van der Waals surface area contributed by atoms with Gasteiger partial charge >= 0.3 is 5.69 Å². The molecule has 0 amide bonds. The smallest absolute Gasteiger partial charge is 0.293 e. The molecule has 0 saturated heterocycles. The Morgan fingerprint density at radius 1 is 0.800 bits per heavy atom. The highest BCUT2D eigenvalue weighted by molar-refractivity contribution is 9.08. The number of halogens is 1. The van der Waals surface area contributed by atoms with E-state index < -0.39 is 0 Å². The quantitative estimate of drug-likeness (QED) is 0.618. The highest BCUT2D eigenvalue weighted by atomic mass is 79.9. The second-order valence-electron chi connectivity index (χ2n) is 5.93. The third-order valence-electron chi connectivity index (χ3n) is 4.31. The van der Waals surface area contributed by atoms with Crippen molar-refractivity contribution < 1.29 is 0 Å². The first-order valence-corrected chi connectivity index (χ1v) is 9.21. The molecule has 1 aromatic heterocycles. The molecule has 0 spiro atoms. The Bertz CT molecular complexity index is 976. The van der Waals surface area contributed by atoms with Crippen molar-refractivity contribution in [1.82, 2.24) is 9.13 Å². The number of hydrogen-bond acceptors (Lipinski definition) is 2. The molecule has 4 nitrogen and oxygen atoms in total. The second kappa shape index (κ2) is 7.66. The van der Waals surface area contributed by atoms with Crippen LogP contribution < -0.4 is 11.2 Å². The third kappa shape index (κ3) is 3.66. The lowest BCUT2D eigenvalue weighted by atomic mass is 10.2. The fourth-order valence-corrected chi connectivity index (χ4v) is 3.51. The summed E-state index contributed by atoms with van der Waals surface area (Å²) in [6.07, 6.45) is 0. The van der Waals surface area contributed by atoms with Crippen LogP contribution in [0.25, 0.3) is 0 Å². The van der Waals surface area contributed by atoms with Crippen molar-refractivity contribution >= 4 is 15.9 Å². The van der Waals surface area contributed by atoms with Crippen LogP contribution in [-0.4, -0.2) is 9.13 Å². The summed E-state index contributed by atoms with van der Waals surface area (Å²) >= 11 is 3.39.